The van der Waals surface area contributed by atoms with E-state index in [0.29, 0.717) is 5.92 Å². The fourth-order valence-corrected chi connectivity index (χ4v) is 2.29. The minimum atomic E-state index is -0.783. The Bertz CT molecular complexity index is 351. The molecule has 0 aromatic heterocycles. The number of nitrogens with two attached hydrogens (primary N) is 1. The highest BCUT2D eigenvalue weighted by molar-refractivity contribution is 5.18. The van der Waals surface area contributed by atoms with Gasteiger partial charge in [0.25, 0.3) is 0 Å². The molecular formula is C12H15F2N. The summed E-state index contributed by atoms with van der Waals surface area (Å²) in [6, 6.07) is 4.33. The highest BCUT2D eigenvalue weighted by Gasteiger charge is 2.24. The van der Waals surface area contributed by atoms with Gasteiger partial charge in [-0.3, -0.25) is 0 Å². The molecule has 2 N–H and O–H groups in total. The van der Waals surface area contributed by atoms with Crippen LogP contribution in [0.4, 0.5) is 8.78 Å². The van der Waals surface area contributed by atoms with Gasteiger partial charge in [0, 0.05) is 6.04 Å². The van der Waals surface area contributed by atoms with Gasteiger partial charge in [-0.25, -0.2) is 8.78 Å². The van der Waals surface area contributed by atoms with E-state index in [2.05, 4.69) is 0 Å². The molecule has 0 spiro atoms. The van der Waals surface area contributed by atoms with E-state index in [1.807, 2.05) is 0 Å². The van der Waals surface area contributed by atoms with E-state index in [1.165, 1.54) is 12.1 Å². The minimum Gasteiger partial charge on any atom is -0.327 e. The summed E-state index contributed by atoms with van der Waals surface area (Å²) in [6.45, 7) is 0. The maximum absolute atomic E-state index is 12.9. The van der Waals surface area contributed by atoms with Crippen LogP contribution >= 0.6 is 0 Å². The molecule has 2 unspecified atom stereocenters. The number of hydrogen-bond donors (Lipinski definition) is 1. The molecule has 1 nitrogen and oxygen atoms in total. The minimum absolute atomic E-state index is 0.220. The molecule has 0 radical (unpaired) electrons. The predicted molar refractivity (Wildman–Crippen MR) is 55.4 cm³/mol. The summed E-state index contributed by atoms with van der Waals surface area (Å²) in [5, 5.41) is 0. The van der Waals surface area contributed by atoms with E-state index >= 15 is 0 Å². The maximum atomic E-state index is 12.9. The average molecular weight is 211 g/mol. The van der Waals surface area contributed by atoms with Crippen LogP contribution in [0.2, 0.25) is 0 Å². The average Bonchev–Trinajstić information content (AvgIpc) is 2.59. The summed E-state index contributed by atoms with van der Waals surface area (Å²) >= 11 is 0. The second kappa shape index (κ2) is 4.27. The summed E-state index contributed by atoms with van der Waals surface area (Å²) in [5.41, 5.74) is 6.77. The second-order valence-electron chi connectivity index (χ2n) is 4.31. The molecule has 0 heterocycles. The summed E-state index contributed by atoms with van der Waals surface area (Å²) in [6.07, 6.45) is 4.06. The Morgan fingerprint density at radius 1 is 1.20 bits per heavy atom. The van der Waals surface area contributed by atoms with Crippen molar-refractivity contribution in [3.8, 4) is 0 Å². The van der Waals surface area contributed by atoms with Gasteiger partial charge in [-0.15, -0.1) is 0 Å². The number of rotatable bonds is 2. The molecule has 0 amide bonds. The molecule has 1 aromatic carbocycles. The normalized spacial score (nSPS) is 25.8. The predicted octanol–water partition coefficient (Wildman–Crippen LogP) is 2.63. The lowest BCUT2D eigenvalue weighted by atomic mass is 9.95. The molecule has 1 fully saturated rings. The second-order valence-corrected chi connectivity index (χ2v) is 4.31. The van der Waals surface area contributed by atoms with Crippen LogP contribution in [0.1, 0.15) is 24.8 Å². The fraction of sp³-hybridized carbons (Fsp3) is 0.500. The van der Waals surface area contributed by atoms with Crippen LogP contribution in [-0.4, -0.2) is 6.04 Å². The topological polar surface area (TPSA) is 26.0 Å². The van der Waals surface area contributed by atoms with E-state index in [0.717, 1.165) is 31.2 Å². The Morgan fingerprint density at radius 2 is 2.00 bits per heavy atom. The van der Waals surface area contributed by atoms with Gasteiger partial charge in [0.2, 0.25) is 0 Å². The SMILES string of the molecule is NC1CCCC1Cc1ccc(F)c(F)c1. The van der Waals surface area contributed by atoms with E-state index in [-0.39, 0.29) is 6.04 Å². The summed E-state index contributed by atoms with van der Waals surface area (Å²) in [4.78, 5) is 0. The summed E-state index contributed by atoms with van der Waals surface area (Å²) in [5.74, 6) is -1.12. The Kier molecular flexibility index (Phi) is 3.00. The van der Waals surface area contributed by atoms with Crippen molar-refractivity contribution in [3.63, 3.8) is 0 Å². The van der Waals surface area contributed by atoms with E-state index in [4.69, 9.17) is 5.73 Å². The lowest BCUT2D eigenvalue weighted by Gasteiger charge is -2.15. The standard InChI is InChI=1S/C12H15F2N/c13-10-5-4-8(7-11(10)14)6-9-2-1-3-12(9)15/h4-5,7,9,12H,1-3,6,15H2. The van der Waals surface area contributed by atoms with E-state index in [9.17, 15) is 8.78 Å². The fourth-order valence-electron chi connectivity index (χ4n) is 2.29. The largest absolute Gasteiger partial charge is 0.327 e. The van der Waals surface area contributed by atoms with Crippen molar-refractivity contribution in [2.75, 3.05) is 0 Å². The molecule has 0 saturated heterocycles. The first-order valence-electron chi connectivity index (χ1n) is 5.36. The molecule has 1 aliphatic rings. The zero-order valence-corrected chi connectivity index (χ0v) is 8.55. The molecule has 0 aliphatic heterocycles. The third-order valence-electron chi connectivity index (χ3n) is 3.20. The highest BCUT2D eigenvalue weighted by Crippen LogP contribution is 2.27. The van der Waals surface area contributed by atoms with Crippen LogP contribution in [0.25, 0.3) is 0 Å². The highest BCUT2D eigenvalue weighted by atomic mass is 19.2. The van der Waals surface area contributed by atoms with Gasteiger partial charge in [0.05, 0.1) is 0 Å². The van der Waals surface area contributed by atoms with Crippen LogP contribution in [-0.2, 0) is 6.42 Å². The molecule has 3 heteroatoms. The van der Waals surface area contributed by atoms with E-state index < -0.39 is 11.6 Å². The van der Waals surface area contributed by atoms with Crippen LogP contribution in [0, 0.1) is 17.6 Å². The van der Waals surface area contributed by atoms with Gasteiger partial charge < -0.3 is 5.73 Å². The molecule has 0 bridgehead atoms. The monoisotopic (exact) mass is 211 g/mol. The quantitative estimate of drug-likeness (QED) is 0.799. The molecule has 15 heavy (non-hydrogen) atoms. The van der Waals surface area contributed by atoms with Gasteiger partial charge >= 0.3 is 0 Å². The van der Waals surface area contributed by atoms with Gasteiger partial charge in [0.1, 0.15) is 0 Å². The number of halogens is 2. The third-order valence-corrected chi connectivity index (χ3v) is 3.20. The molecule has 2 rings (SSSR count). The van der Waals surface area contributed by atoms with Crippen molar-refractivity contribution in [2.45, 2.75) is 31.7 Å². The van der Waals surface area contributed by atoms with Gasteiger partial charge in [-0.05, 0) is 42.9 Å². The zero-order valence-electron chi connectivity index (χ0n) is 8.55. The van der Waals surface area contributed by atoms with Gasteiger partial charge in [-0.2, -0.15) is 0 Å². The van der Waals surface area contributed by atoms with Crippen molar-refractivity contribution >= 4 is 0 Å². The smallest absolute Gasteiger partial charge is 0.159 e. The van der Waals surface area contributed by atoms with Crippen molar-refractivity contribution in [1.29, 1.82) is 0 Å². The van der Waals surface area contributed by atoms with Crippen molar-refractivity contribution in [1.82, 2.24) is 0 Å². The first-order chi connectivity index (χ1) is 7.16. The van der Waals surface area contributed by atoms with Crippen molar-refractivity contribution in [2.24, 2.45) is 11.7 Å². The molecule has 82 valence electrons. The Labute approximate surface area is 88.3 Å². The van der Waals surface area contributed by atoms with Crippen molar-refractivity contribution in [3.05, 3.63) is 35.4 Å². The van der Waals surface area contributed by atoms with Gasteiger partial charge in [-0.1, -0.05) is 12.5 Å². The Hall–Kier alpha value is -0.960. The lowest BCUT2D eigenvalue weighted by molar-refractivity contribution is 0.472. The summed E-state index contributed by atoms with van der Waals surface area (Å²) < 4.78 is 25.6. The molecular weight excluding hydrogens is 196 g/mol. The third kappa shape index (κ3) is 2.34. The van der Waals surface area contributed by atoms with Crippen LogP contribution in [0.15, 0.2) is 18.2 Å². The summed E-state index contributed by atoms with van der Waals surface area (Å²) in [7, 11) is 0. The van der Waals surface area contributed by atoms with E-state index in [1.54, 1.807) is 6.07 Å². The molecule has 1 aliphatic carbocycles. The van der Waals surface area contributed by atoms with Crippen LogP contribution < -0.4 is 5.73 Å². The van der Waals surface area contributed by atoms with Crippen molar-refractivity contribution < 1.29 is 8.78 Å². The Morgan fingerprint density at radius 3 is 2.60 bits per heavy atom. The lowest BCUT2D eigenvalue weighted by Crippen LogP contribution is -2.25. The first-order valence-corrected chi connectivity index (χ1v) is 5.36. The zero-order chi connectivity index (χ0) is 10.8. The van der Waals surface area contributed by atoms with Crippen LogP contribution in [0.3, 0.4) is 0 Å². The molecule has 1 saturated carbocycles. The molecule has 2 atom stereocenters. The maximum Gasteiger partial charge on any atom is 0.159 e. The first kappa shape index (κ1) is 10.6. The molecule has 1 aromatic rings. The number of hydrogen-bond acceptors (Lipinski definition) is 1. The Balaban J connectivity index is 2.07. The number of benzene rings is 1. The van der Waals surface area contributed by atoms with Gasteiger partial charge in [0.15, 0.2) is 11.6 Å². The van der Waals surface area contributed by atoms with Crippen LogP contribution in [0.5, 0.6) is 0 Å².